The van der Waals surface area contributed by atoms with Gasteiger partial charge in [-0.3, -0.25) is 9.97 Å². The van der Waals surface area contributed by atoms with Gasteiger partial charge in [-0.1, -0.05) is 0 Å². The van der Waals surface area contributed by atoms with Crippen molar-refractivity contribution in [3.63, 3.8) is 0 Å². The van der Waals surface area contributed by atoms with Gasteiger partial charge in [0.1, 0.15) is 17.0 Å². The number of rotatable bonds is 5. The first-order chi connectivity index (χ1) is 12.3. The Morgan fingerprint density at radius 3 is 2.80 bits per heavy atom. The SMILES string of the molecule is COc1ccc(CNc2cnc3oc(-c4cnccn4)nc3c2)nc1. The molecule has 0 atom stereocenters. The molecular weight excluding hydrogens is 320 g/mol. The van der Waals surface area contributed by atoms with Crippen LogP contribution in [0.15, 0.2) is 53.6 Å². The highest BCUT2D eigenvalue weighted by molar-refractivity contribution is 5.75. The van der Waals surface area contributed by atoms with Crippen LogP contribution in [0.1, 0.15) is 5.69 Å². The largest absolute Gasteiger partial charge is 0.495 e. The molecule has 0 saturated carbocycles. The average Bonchev–Trinajstić information content (AvgIpc) is 3.11. The Balaban J connectivity index is 1.52. The van der Waals surface area contributed by atoms with Crippen molar-refractivity contribution in [2.24, 2.45) is 0 Å². The molecule has 124 valence electrons. The van der Waals surface area contributed by atoms with E-state index < -0.39 is 0 Å². The topological polar surface area (TPSA) is 98.8 Å². The quantitative estimate of drug-likeness (QED) is 0.595. The maximum Gasteiger partial charge on any atom is 0.249 e. The Labute approximate surface area is 143 Å². The summed E-state index contributed by atoms with van der Waals surface area (Å²) >= 11 is 0. The van der Waals surface area contributed by atoms with Crippen LogP contribution < -0.4 is 10.1 Å². The first kappa shape index (κ1) is 15.0. The first-order valence-corrected chi connectivity index (χ1v) is 7.57. The fourth-order valence-electron chi connectivity index (χ4n) is 2.27. The molecule has 0 spiro atoms. The Morgan fingerprint density at radius 1 is 1.08 bits per heavy atom. The second-order valence-electron chi connectivity index (χ2n) is 5.20. The number of nitrogens with one attached hydrogen (secondary N) is 1. The monoisotopic (exact) mass is 334 g/mol. The Bertz CT molecular complexity index is 985. The van der Waals surface area contributed by atoms with Crippen molar-refractivity contribution in [1.82, 2.24) is 24.9 Å². The minimum Gasteiger partial charge on any atom is -0.495 e. The number of hydrogen-bond donors (Lipinski definition) is 1. The Hall–Kier alpha value is -3.55. The predicted octanol–water partition coefficient (Wildman–Crippen LogP) is 2.70. The van der Waals surface area contributed by atoms with Crippen LogP contribution in [-0.2, 0) is 6.54 Å². The summed E-state index contributed by atoms with van der Waals surface area (Å²) in [6.07, 6.45) is 8.16. The third-order valence-electron chi connectivity index (χ3n) is 3.54. The lowest BCUT2D eigenvalue weighted by Crippen LogP contribution is -2.01. The number of pyridine rings is 2. The number of hydrogen-bond acceptors (Lipinski definition) is 8. The lowest BCUT2D eigenvalue weighted by molar-refractivity contribution is 0.412. The van der Waals surface area contributed by atoms with E-state index in [1.165, 1.54) is 0 Å². The maximum atomic E-state index is 5.62. The van der Waals surface area contributed by atoms with Crippen molar-refractivity contribution in [2.45, 2.75) is 6.54 Å². The molecule has 0 aliphatic heterocycles. The highest BCUT2D eigenvalue weighted by Gasteiger charge is 2.11. The molecule has 0 amide bonds. The van der Waals surface area contributed by atoms with Crippen LogP contribution >= 0.6 is 0 Å². The third-order valence-corrected chi connectivity index (χ3v) is 3.54. The van der Waals surface area contributed by atoms with Crippen LogP contribution in [-0.4, -0.2) is 32.0 Å². The summed E-state index contributed by atoms with van der Waals surface area (Å²) in [4.78, 5) is 21.2. The van der Waals surface area contributed by atoms with Crippen LogP contribution in [0.3, 0.4) is 0 Å². The Kier molecular flexibility index (Phi) is 3.91. The van der Waals surface area contributed by atoms with E-state index in [4.69, 9.17) is 9.15 Å². The normalized spacial score (nSPS) is 10.8. The summed E-state index contributed by atoms with van der Waals surface area (Å²) < 4.78 is 10.7. The third kappa shape index (κ3) is 3.23. The van der Waals surface area contributed by atoms with E-state index in [0.29, 0.717) is 29.4 Å². The molecule has 4 aromatic rings. The molecular formula is C17H14N6O2. The van der Waals surface area contributed by atoms with E-state index in [2.05, 4.69) is 30.2 Å². The molecule has 0 aliphatic carbocycles. The molecule has 8 nitrogen and oxygen atoms in total. The van der Waals surface area contributed by atoms with Crippen molar-refractivity contribution in [1.29, 1.82) is 0 Å². The van der Waals surface area contributed by atoms with E-state index in [9.17, 15) is 0 Å². The second-order valence-corrected chi connectivity index (χ2v) is 5.20. The van der Waals surface area contributed by atoms with Gasteiger partial charge in [0.05, 0.1) is 43.6 Å². The van der Waals surface area contributed by atoms with Gasteiger partial charge in [-0.25, -0.2) is 15.0 Å². The van der Waals surface area contributed by atoms with Gasteiger partial charge in [0.15, 0.2) is 0 Å². The standard InChI is InChI=1S/C17H14N6O2/c1-24-13-3-2-11(21-9-13)7-20-12-6-14-16(22-8-12)25-17(23-14)15-10-18-4-5-19-15/h2-6,8-10,20H,7H2,1H3. The minimum absolute atomic E-state index is 0.393. The lowest BCUT2D eigenvalue weighted by Gasteiger charge is -2.05. The van der Waals surface area contributed by atoms with Gasteiger partial charge < -0.3 is 14.5 Å². The van der Waals surface area contributed by atoms with Crippen molar-refractivity contribution in [3.8, 4) is 17.3 Å². The molecule has 8 heteroatoms. The van der Waals surface area contributed by atoms with Crippen molar-refractivity contribution in [2.75, 3.05) is 12.4 Å². The number of aromatic nitrogens is 5. The summed E-state index contributed by atoms with van der Waals surface area (Å²) in [7, 11) is 1.61. The zero-order chi connectivity index (χ0) is 17.1. The lowest BCUT2D eigenvalue weighted by atomic mass is 10.3. The number of anilines is 1. The molecule has 0 bridgehead atoms. The van der Waals surface area contributed by atoms with Crippen LogP contribution in [0, 0.1) is 0 Å². The number of fused-ring (bicyclic) bond motifs is 1. The van der Waals surface area contributed by atoms with E-state index in [1.807, 2.05) is 18.2 Å². The minimum atomic E-state index is 0.393. The smallest absolute Gasteiger partial charge is 0.249 e. The number of nitrogens with zero attached hydrogens (tertiary/aromatic N) is 5. The summed E-state index contributed by atoms with van der Waals surface area (Å²) in [5, 5.41) is 3.26. The number of oxazole rings is 1. The summed E-state index contributed by atoms with van der Waals surface area (Å²) in [5.41, 5.74) is 3.38. The summed E-state index contributed by atoms with van der Waals surface area (Å²) in [5.74, 6) is 1.12. The Morgan fingerprint density at radius 2 is 2.04 bits per heavy atom. The number of ether oxygens (including phenoxy) is 1. The molecule has 4 aromatic heterocycles. The van der Waals surface area contributed by atoms with Crippen LogP contribution in [0.25, 0.3) is 22.8 Å². The molecule has 25 heavy (non-hydrogen) atoms. The van der Waals surface area contributed by atoms with Gasteiger partial charge in [0.2, 0.25) is 11.6 Å². The fourth-order valence-corrected chi connectivity index (χ4v) is 2.27. The molecule has 0 fully saturated rings. The van der Waals surface area contributed by atoms with E-state index in [-0.39, 0.29) is 0 Å². The van der Waals surface area contributed by atoms with E-state index in [0.717, 1.165) is 17.1 Å². The van der Waals surface area contributed by atoms with Crippen LogP contribution in [0.5, 0.6) is 5.75 Å². The fraction of sp³-hybridized carbons (Fsp3) is 0.118. The van der Waals surface area contributed by atoms with Gasteiger partial charge in [-0.2, -0.15) is 0 Å². The first-order valence-electron chi connectivity index (χ1n) is 7.57. The average molecular weight is 334 g/mol. The molecule has 0 unspecified atom stereocenters. The van der Waals surface area contributed by atoms with Crippen LogP contribution in [0.4, 0.5) is 5.69 Å². The van der Waals surface area contributed by atoms with Gasteiger partial charge in [0.25, 0.3) is 0 Å². The van der Waals surface area contributed by atoms with Crippen molar-refractivity contribution < 1.29 is 9.15 Å². The molecule has 1 N–H and O–H groups in total. The predicted molar refractivity (Wildman–Crippen MR) is 90.9 cm³/mol. The summed E-state index contributed by atoms with van der Waals surface area (Å²) in [6, 6.07) is 5.64. The van der Waals surface area contributed by atoms with Gasteiger partial charge >= 0.3 is 0 Å². The summed E-state index contributed by atoms with van der Waals surface area (Å²) in [6.45, 7) is 0.562. The van der Waals surface area contributed by atoms with E-state index in [1.54, 1.807) is 38.1 Å². The number of methoxy groups -OCH3 is 1. The highest BCUT2D eigenvalue weighted by atomic mass is 16.5. The maximum absolute atomic E-state index is 5.62. The second kappa shape index (κ2) is 6.52. The van der Waals surface area contributed by atoms with Crippen LogP contribution in [0.2, 0.25) is 0 Å². The van der Waals surface area contributed by atoms with Gasteiger partial charge in [-0.05, 0) is 18.2 Å². The van der Waals surface area contributed by atoms with Gasteiger partial charge in [-0.15, -0.1) is 0 Å². The molecule has 0 radical (unpaired) electrons. The van der Waals surface area contributed by atoms with Crippen molar-refractivity contribution >= 4 is 16.9 Å². The highest BCUT2D eigenvalue weighted by Crippen LogP contribution is 2.23. The molecule has 4 heterocycles. The van der Waals surface area contributed by atoms with Crippen molar-refractivity contribution in [3.05, 3.63) is 54.9 Å². The zero-order valence-electron chi connectivity index (χ0n) is 13.4. The molecule has 0 aliphatic rings. The zero-order valence-corrected chi connectivity index (χ0v) is 13.4. The molecule has 0 aromatic carbocycles. The van der Waals surface area contributed by atoms with Gasteiger partial charge in [0, 0.05) is 12.4 Å². The molecule has 0 saturated heterocycles. The van der Waals surface area contributed by atoms with E-state index >= 15 is 0 Å². The molecule has 4 rings (SSSR count).